The van der Waals surface area contributed by atoms with Crippen molar-refractivity contribution >= 4 is 33.4 Å². The van der Waals surface area contributed by atoms with Crippen molar-refractivity contribution in [2.45, 2.75) is 19.3 Å². The van der Waals surface area contributed by atoms with E-state index in [1.54, 1.807) is 0 Å². The van der Waals surface area contributed by atoms with Gasteiger partial charge in [0.2, 0.25) is 0 Å². The first kappa shape index (κ1) is 10.4. The molecule has 2 aromatic carbocycles. The van der Waals surface area contributed by atoms with Gasteiger partial charge in [0.25, 0.3) is 0 Å². The molecule has 0 spiro atoms. The first-order valence-electron chi connectivity index (χ1n) is 7.02. The average molecular weight is 259 g/mol. The topological polar surface area (TPSA) is 30.2 Å². The molecule has 0 amide bonds. The van der Waals surface area contributed by atoms with Crippen LogP contribution < -0.4 is 0 Å². The molecule has 0 radical (unpaired) electrons. The minimum atomic E-state index is 0.558. The van der Waals surface area contributed by atoms with Crippen molar-refractivity contribution in [3.8, 4) is 0 Å². The zero-order valence-electron chi connectivity index (χ0n) is 11.2. The van der Waals surface area contributed by atoms with Gasteiger partial charge >= 0.3 is 0 Å². The standard InChI is InChI=1S/C17H13N3/c1-10-4-2-6-12-14(10)11-5-3-7-13-15(11)16(12)19-20-9-8-18-17(13)20/h2-3,5-10H,4H2,1H3. The van der Waals surface area contributed by atoms with E-state index in [0.717, 1.165) is 17.6 Å². The molecule has 2 heterocycles. The van der Waals surface area contributed by atoms with E-state index in [4.69, 9.17) is 5.10 Å². The summed E-state index contributed by atoms with van der Waals surface area (Å²) in [5.41, 5.74) is 4.81. The molecule has 0 saturated carbocycles. The Labute approximate surface area is 115 Å². The lowest BCUT2D eigenvalue weighted by Crippen LogP contribution is -1.97. The molecule has 0 fully saturated rings. The van der Waals surface area contributed by atoms with E-state index in [-0.39, 0.29) is 0 Å². The van der Waals surface area contributed by atoms with Crippen LogP contribution in [0.2, 0.25) is 0 Å². The second-order valence-electron chi connectivity index (χ2n) is 5.64. The van der Waals surface area contributed by atoms with Gasteiger partial charge < -0.3 is 0 Å². The Hall–Kier alpha value is -2.42. The fourth-order valence-corrected chi connectivity index (χ4v) is 3.62. The monoisotopic (exact) mass is 259 g/mol. The molecule has 0 bridgehead atoms. The molecule has 20 heavy (non-hydrogen) atoms. The number of aromatic nitrogens is 3. The van der Waals surface area contributed by atoms with Crippen molar-refractivity contribution in [1.82, 2.24) is 14.6 Å². The van der Waals surface area contributed by atoms with Crippen LogP contribution in [-0.4, -0.2) is 14.6 Å². The third-order valence-electron chi connectivity index (χ3n) is 4.47. The Morgan fingerprint density at radius 1 is 1.25 bits per heavy atom. The van der Waals surface area contributed by atoms with Gasteiger partial charge in [-0.3, -0.25) is 0 Å². The van der Waals surface area contributed by atoms with Crippen LogP contribution in [0.3, 0.4) is 0 Å². The summed E-state index contributed by atoms with van der Waals surface area (Å²) in [6.07, 6.45) is 9.35. The van der Waals surface area contributed by atoms with Crippen LogP contribution in [0.25, 0.3) is 33.4 Å². The van der Waals surface area contributed by atoms with Crippen LogP contribution in [0.15, 0.2) is 36.7 Å². The average Bonchev–Trinajstić information content (AvgIpc) is 3.05. The van der Waals surface area contributed by atoms with Gasteiger partial charge in [0.05, 0.1) is 0 Å². The fraction of sp³-hybridized carbons (Fsp3) is 0.176. The maximum Gasteiger partial charge on any atom is 0.161 e. The molecule has 1 unspecified atom stereocenters. The lowest BCUT2D eigenvalue weighted by atomic mass is 9.90. The van der Waals surface area contributed by atoms with E-state index in [1.165, 1.54) is 27.3 Å². The molecule has 0 N–H and O–H groups in total. The summed E-state index contributed by atoms with van der Waals surface area (Å²) in [6.45, 7) is 2.30. The van der Waals surface area contributed by atoms with Crippen LogP contribution >= 0.6 is 0 Å². The molecule has 1 aliphatic carbocycles. The van der Waals surface area contributed by atoms with Crippen molar-refractivity contribution in [3.05, 3.63) is 47.8 Å². The van der Waals surface area contributed by atoms with Crippen molar-refractivity contribution in [1.29, 1.82) is 0 Å². The predicted octanol–water partition coefficient (Wildman–Crippen LogP) is 3.99. The van der Waals surface area contributed by atoms with Crippen molar-refractivity contribution in [3.63, 3.8) is 0 Å². The Bertz CT molecular complexity index is 994. The number of imidazole rings is 1. The van der Waals surface area contributed by atoms with Crippen molar-refractivity contribution in [2.24, 2.45) is 0 Å². The SMILES string of the molecule is CC1CC=Cc2c1c1cccc3c1c2nn1ccnc31. The summed E-state index contributed by atoms with van der Waals surface area (Å²) in [5, 5.41) is 8.62. The number of allylic oxidation sites excluding steroid dienone is 1. The quantitative estimate of drug-likeness (QED) is 0.478. The van der Waals surface area contributed by atoms with Gasteiger partial charge in [-0.25, -0.2) is 9.50 Å². The summed E-state index contributed by atoms with van der Waals surface area (Å²) >= 11 is 0. The van der Waals surface area contributed by atoms with E-state index < -0.39 is 0 Å². The zero-order chi connectivity index (χ0) is 13.3. The second kappa shape index (κ2) is 3.37. The van der Waals surface area contributed by atoms with E-state index in [1.807, 2.05) is 16.9 Å². The van der Waals surface area contributed by atoms with Gasteiger partial charge in [-0.1, -0.05) is 37.3 Å². The Balaban J connectivity index is 2.15. The van der Waals surface area contributed by atoms with Crippen LogP contribution in [0, 0.1) is 0 Å². The maximum absolute atomic E-state index is 4.80. The number of nitrogens with zero attached hydrogens (tertiary/aromatic N) is 3. The molecule has 0 aliphatic heterocycles. The highest BCUT2D eigenvalue weighted by atomic mass is 15.2. The number of hydrogen-bond donors (Lipinski definition) is 0. The summed E-state index contributed by atoms with van der Waals surface area (Å²) in [6, 6.07) is 6.52. The van der Waals surface area contributed by atoms with Crippen molar-refractivity contribution < 1.29 is 0 Å². The van der Waals surface area contributed by atoms with Crippen LogP contribution in [-0.2, 0) is 0 Å². The molecule has 3 nitrogen and oxygen atoms in total. The van der Waals surface area contributed by atoms with Gasteiger partial charge in [0.15, 0.2) is 5.65 Å². The first-order chi connectivity index (χ1) is 9.84. The van der Waals surface area contributed by atoms with Gasteiger partial charge in [0, 0.05) is 28.7 Å². The van der Waals surface area contributed by atoms with E-state index >= 15 is 0 Å². The fourth-order valence-electron chi connectivity index (χ4n) is 3.62. The Kier molecular flexibility index (Phi) is 1.75. The molecule has 5 rings (SSSR count). The molecule has 0 saturated heterocycles. The minimum absolute atomic E-state index is 0.558. The second-order valence-corrected chi connectivity index (χ2v) is 5.64. The predicted molar refractivity (Wildman–Crippen MR) is 81.3 cm³/mol. The van der Waals surface area contributed by atoms with E-state index in [2.05, 4.69) is 42.3 Å². The highest BCUT2D eigenvalue weighted by Crippen LogP contribution is 2.43. The van der Waals surface area contributed by atoms with Gasteiger partial charge in [-0.05, 0) is 23.3 Å². The third-order valence-corrected chi connectivity index (χ3v) is 4.47. The number of rotatable bonds is 0. The molecule has 4 aromatic rings. The third kappa shape index (κ3) is 1.07. The zero-order valence-corrected chi connectivity index (χ0v) is 11.2. The summed E-state index contributed by atoms with van der Waals surface area (Å²) in [7, 11) is 0. The van der Waals surface area contributed by atoms with Gasteiger partial charge in [0.1, 0.15) is 5.52 Å². The molecule has 2 aromatic heterocycles. The van der Waals surface area contributed by atoms with Gasteiger partial charge in [-0.2, -0.15) is 5.10 Å². The summed E-state index contributed by atoms with van der Waals surface area (Å²) in [4.78, 5) is 4.46. The number of hydrogen-bond acceptors (Lipinski definition) is 2. The molecule has 96 valence electrons. The molecule has 1 aliphatic rings. The van der Waals surface area contributed by atoms with Crippen LogP contribution in [0.1, 0.15) is 30.4 Å². The highest BCUT2D eigenvalue weighted by Gasteiger charge is 2.24. The van der Waals surface area contributed by atoms with Crippen molar-refractivity contribution in [2.75, 3.05) is 0 Å². The Morgan fingerprint density at radius 2 is 2.15 bits per heavy atom. The molecular weight excluding hydrogens is 246 g/mol. The molecule has 3 heteroatoms. The first-order valence-corrected chi connectivity index (χ1v) is 7.02. The molecule has 1 atom stereocenters. The summed E-state index contributed by atoms with van der Waals surface area (Å²) in [5.74, 6) is 0.558. The number of benzene rings is 1. The van der Waals surface area contributed by atoms with E-state index in [0.29, 0.717) is 5.92 Å². The van der Waals surface area contributed by atoms with Crippen LogP contribution in [0.4, 0.5) is 0 Å². The smallest absolute Gasteiger partial charge is 0.161 e. The summed E-state index contributed by atoms with van der Waals surface area (Å²) < 4.78 is 1.89. The largest absolute Gasteiger partial charge is 0.235 e. The number of fused-ring (bicyclic) bond motifs is 5. The maximum atomic E-state index is 4.80. The Morgan fingerprint density at radius 3 is 3.10 bits per heavy atom. The van der Waals surface area contributed by atoms with Crippen LogP contribution in [0.5, 0.6) is 0 Å². The van der Waals surface area contributed by atoms with Gasteiger partial charge in [-0.15, -0.1) is 0 Å². The molecular formula is C17H13N3. The lowest BCUT2D eigenvalue weighted by Gasteiger charge is -2.14. The normalized spacial score (nSPS) is 18.4. The lowest BCUT2D eigenvalue weighted by molar-refractivity contribution is 0.781. The highest BCUT2D eigenvalue weighted by molar-refractivity contribution is 6.19. The van der Waals surface area contributed by atoms with E-state index in [9.17, 15) is 0 Å². The minimum Gasteiger partial charge on any atom is -0.235 e.